The Hall–Kier alpha value is -2.80. The van der Waals surface area contributed by atoms with Crippen molar-refractivity contribution in [2.45, 2.75) is 37.0 Å². The summed E-state index contributed by atoms with van der Waals surface area (Å²) in [6.07, 6.45) is 0.923. The molecule has 1 amide bonds. The number of esters is 1. The number of hydrogen-bond acceptors (Lipinski definition) is 5. The van der Waals surface area contributed by atoms with Crippen LogP contribution >= 0.6 is 11.8 Å². The van der Waals surface area contributed by atoms with E-state index in [0.717, 1.165) is 28.9 Å². The number of anilines is 1. The standard InChI is InChI=1S/C21H23N3O3S/c1-4-13-24-17-11-7-6-10-16(17)22-21(24)23-19(25)15-9-5-8-12-18(15)28-14(2)20(26)27-3/h5-12,14H,4,13H2,1-3H3,(H,22,23,25). The Labute approximate surface area is 168 Å². The molecule has 2 aromatic carbocycles. The first-order chi connectivity index (χ1) is 13.5. The second-order valence-electron chi connectivity index (χ2n) is 6.31. The van der Waals surface area contributed by atoms with Crippen molar-refractivity contribution in [1.82, 2.24) is 9.55 Å². The molecular formula is C21H23N3O3S. The number of aromatic nitrogens is 2. The molecule has 6 nitrogen and oxygen atoms in total. The van der Waals surface area contributed by atoms with Crippen molar-refractivity contribution in [3.8, 4) is 0 Å². The monoisotopic (exact) mass is 397 g/mol. The zero-order chi connectivity index (χ0) is 20.1. The van der Waals surface area contributed by atoms with E-state index >= 15 is 0 Å². The number of nitrogens with zero attached hydrogens (tertiary/aromatic N) is 2. The number of carbonyl (C=O) groups excluding carboxylic acids is 2. The number of amides is 1. The van der Waals surface area contributed by atoms with Crippen LogP contribution in [0.4, 0.5) is 5.95 Å². The summed E-state index contributed by atoms with van der Waals surface area (Å²) in [6.45, 7) is 4.60. The molecule has 3 aromatic rings. The first kappa shape index (κ1) is 19.9. The highest BCUT2D eigenvalue weighted by molar-refractivity contribution is 8.00. The third-order valence-electron chi connectivity index (χ3n) is 4.30. The molecule has 0 aliphatic rings. The molecule has 0 spiro atoms. The van der Waals surface area contributed by atoms with E-state index in [1.807, 2.05) is 41.0 Å². The molecule has 1 aromatic heterocycles. The van der Waals surface area contributed by atoms with Crippen LogP contribution in [0, 0.1) is 0 Å². The summed E-state index contributed by atoms with van der Waals surface area (Å²) >= 11 is 1.30. The third kappa shape index (κ3) is 4.20. The fraction of sp³-hybridized carbons (Fsp3) is 0.286. The third-order valence-corrected chi connectivity index (χ3v) is 5.45. The quantitative estimate of drug-likeness (QED) is 0.474. The Kier molecular flexibility index (Phi) is 6.36. The van der Waals surface area contributed by atoms with E-state index in [1.54, 1.807) is 19.1 Å². The van der Waals surface area contributed by atoms with E-state index in [-0.39, 0.29) is 11.9 Å². The zero-order valence-electron chi connectivity index (χ0n) is 16.1. The van der Waals surface area contributed by atoms with Crippen LogP contribution < -0.4 is 5.32 Å². The lowest BCUT2D eigenvalue weighted by Gasteiger charge is -2.13. The molecular weight excluding hydrogens is 374 g/mol. The molecule has 28 heavy (non-hydrogen) atoms. The maximum absolute atomic E-state index is 13.0. The van der Waals surface area contributed by atoms with Gasteiger partial charge < -0.3 is 9.30 Å². The predicted octanol–water partition coefficient (Wildman–Crippen LogP) is 4.35. The van der Waals surface area contributed by atoms with Gasteiger partial charge in [-0.1, -0.05) is 31.2 Å². The van der Waals surface area contributed by atoms with Crippen LogP contribution in [-0.4, -0.2) is 33.8 Å². The van der Waals surface area contributed by atoms with Gasteiger partial charge in [-0.2, -0.15) is 0 Å². The number of imidazole rings is 1. The van der Waals surface area contributed by atoms with Crippen LogP contribution in [0.15, 0.2) is 53.4 Å². The number of para-hydroxylation sites is 2. The average Bonchev–Trinajstić information content (AvgIpc) is 3.05. The summed E-state index contributed by atoms with van der Waals surface area (Å²) in [6, 6.07) is 15.0. The smallest absolute Gasteiger partial charge is 0.318 e. The molecule has 1 atom stereocenters. The minimum atomic E-state index is -0.413. The van der Waals surface area contributed by atoms with Crippen molar-refractivity contribution in [2.24, 2.45) is 0 Å². The Morgan fingerprint density at radius 3 is 2.64 bits per heavy atom. The molecule has 0 fully saturated rings. The van der Waals surface area contributed by atoms with Crippen molar-refractivity contribution >= 4 is 40.6 Å². The van der Waals surface area contributed by atoms with Gasteiger partial charge in [0.2, 0.25) is 5.95 Å². The highest BCUT2D eigenvalue weighted by atomic mass is 32.2. The van der Waals surface area contributed by atoms with Crippen LogP contribution in [0.5, 0.6) is 0 Å². The summed E-state index contributed by atoms with van der Waals surface area (Å²) in [4.78, 5) is 30.0. The van der Waals surface area contributed by atoms with Gasteiger partial charge in [-0.05, 0) is 37.6 Å². The number of aryl methyl sites for hydroxylation is 1. The summed E-state index contributed by atoms with van der Waals surface area (Å²) in [5.74, 6) is -0.0633. The van der Waals surface area contributed by atoms with Gasteiger partial charge in [0.1, 0.15) is 5.25 Å². The number of carbonyl (C=O) groups is 2. The van der Waals surface area contributed by atoms with Crippen molar-refractivity contribution in [3.05, 3.63) is 54.1 Å². The molecule has 0 aliphatic heterocycles. The van der Waals surface area contributed by atoms with Gasteiger partial charge in [0.15, 0.2) is 0 Å². The Morgan fingerprint density at radius 1 is 1.18 bits per heavy atom. The fourth-order valence-electron chi connectivity index (χ4n) is 2.95. The highest BCUT2D eigenvalue weighted by Gasteiger charge is 2.20. The molecule has 0 saturated carbocycles. The van der Waals surface area contributed by atoms with E-state index in [2.05, 4.69) is 17.2 Å². The first-order valence-electron chi connectivity index (χ1n) is 9.15. The molecule has 146 valence electrons. The summed E-state index contributed by atoms with van der Waals surface area (Å²) in [7, 11) is 1.36. The lowest BCUT2D eigenvalue weighted by Crippen LogP contribution is -2.18. The molecule has 0 bridgehead atoms. The molecule has 3 rings (SSSR count). The topological polar surface area (TPSA) is 73.2 Å². The van der Waals surface area contributed by atoms with Gasteiger partial charge in [0, 0.05) is 11.4 Å². The van der Waals surface area contributed by atoms with E-state index in [0.29, 0.717) is 11.5 Å². The second kappa shape index (κ2) is 8.93. The number of hydrogen-bond donors (Lipinski definition) is 1. The molecule has 0 aliphatic carbocycles. The fourth-order valence-corrected chi connectivity index (χ4v) is 3.97. The lowest BCUT2D eigenvalue weighted by molar-refractivity contribution is -0.139. The van der Waals surface area contributed by atoms with Gasteiger partial charge in [0.25, 0.3) is 5.91 Å². The molecule has 7 heteroatoms. The first-order valence-corrected chi connectivity index (χ1v) is 10.0. The Morgan fingerprint density at radius 2 is 1.89 bits per heavy atom. The highest BCUT2D eigenvalue weighted by Crippen LogP contribution is 2.28. The van der Waals surface area contributed by atoms with E-state index < -0.39 is 5.25 Å². The number of methoxy groups -OCH3 is 1. The lowest BCUT2D eigenvalue weighted by atomic mass is 10.2. The second-order valence-corrected chi connectivity index (χ2v) is 7.69. The van der Waals surface area contributed by atoms with E-state index in [9.17, 15) is 9.59 Å². The predicted molar refractivity (Wildman–Crippen MR) is 112 cm³/mol. The van der Waals surface area contributed by atoms with Crippen LogP contribution in [-0.2, 0) is 16.1 Å². The molecule has 1 heterocycles. The van der Waals surface area contributed by atoms with Crippen molar-refractivity contribution < 1.29 is 14.3 Å². The molecule has 1 N–H and O–H groups in total. The van der Waals surface area contributed by atoms with Gasteiger partial charge in [-0.15, -0.1) is 11.8 Å². The Bertz CT molecular complexity index is 999. The summed E-state index contributed by atoms with van der Waals surface area (Å²) in [5, 5.41) is 2.53. The summed E-state index contributed by atoms with van der Waals surface area (Å²) < 4.78 is 6.80. The minimum Gasteiger partial charge on any atom is -0.468 e. The number of thioether (sulfide) groups is 1. The van der Waals surface area contributed by atoms with Crippen molar-refractivity contribution in [1.29, 1.82) is 0 Å². The van der Waals surface area contributed by atoms with Crippen LogP contribution in [0.3, 0.4) is 0 Å². The zero-order valence-corrected chi connectivity index (χ0v) is 17.0. The van der Waals surface area contributed by atoms with Crippen LogP contribution in [0.1, 0.15) is 30.6 Å². The number of ether oxygens (including phenoxy) is 1. The van der Waals surface area contributed by atoms with Gasteiger partial charge in [-0.3, -0.25) is 14.9 Å². The van der Waals surface area contributed by atoms with Crippen LogP contribution in [0.2, 0.25) is 0 Å². The number of nitrogens with one attached hydrogen (secondary N) is 1. The number of benzene rings is 2. The average molecular weight is 398 g/mol. The molecule has 0 radical (unpaired) electrons. The maximum Gasteiger partial charge on any atom is 0.318 e. The molecule has 1 unspecified atom stereocenters. The number of rotatable bonds is 7. The SMILES string of the molecule is CCCn1c(NC(=O)c2ccccc2SC(C)C(=O)OC)nc2ccccc21. The number of fused-ring (bicyclic) bond motifs is 1. The van der Waals surface area contributed by atoms with Gasteiger partial charge in [0.05, 0.1) is 23.7 Å². The van der Waals surface area contributed by atoms with E-state index in [4.69, 9.17) is 4.74 Å². The van der Waals surface area contributed by atoms with E-state index in [1.165, 1.54) is 18.9 Å². The van der Waals surface area contributed by atoms with Gasteiger partial charge >= 0.3 is 5.97 Å². The van der Waals surface area contributed by atoms with Gasteiger partial charge in [-0.25, -0.2) is 4.98 Å². The Balaban J connectivity index is 1.89. The largest absolute Gasteiger partial charge is 0.468 e. The maximum atomic E-state index is 13.0. The van der Waals surface area contributed by atoms with Crippen LogP contribution in [0.25, 0.3) is 11.0 Å². The summed E-state index contributed by atoms with van der Waals surface area (Å²) in [5.41, 5.74) is 2.33. The van der Waals surface area contributed by atoms with Crippen molar-refractivity contribution in [2.75, 3.05) is 12.4 Å². The molecule has 0 saturated heterocycles. The minimum absolute atomic E-state index is 0.257. The normalized spacial score (nSPS) is 12.0. The van der Waals surface area contributed by atoms with Crippen molar-refractivity contribution in [3.63, 3.8) is 0 Å².